The van der Waals surface area contributed by atoms with E-state index in [1.807, 2.05) is 7.05 Å². The quantitative estimate of drug-likeness (QED) is 0.772. The van der Waals surface area contributed by atoms with Crippen molar-refractivity contribution in [1.82, 2.24) is 5.32 Å². The highest BCUT2D eigenvalue weighted by atomic mass is 16.3. The molecular weight excluding hydrogens is 198 g/mol. The Bertz CT molecular complexity index is 288. The van der Waals surface area contributed by atoms with Crippen LogP contribution in [0.5, 0.6) is 0 Å². The zero-order valence-electron chi connectivity index (χ0n) is 10.5. The third-order valence-electron chi connectivity index (χ3n) is 3.06. The molecule has 16 heavy (non-hydrogen) atoms. The van der Waals surface area contributed by atoms with E-state index in [4.69, 9.17) is 5.11 Å². The second-order valence-corrected chi connectivity index (χ2v) is 4.60. The van der Waals surface area contributed by atoms with Crippen molar-refractivity contribution in [3.8, 4) is 0 Å². The van der Waals surface area contributed by atoms with Gasteiger partial charge in [0.05, 0.1) is 6.61 Å². The third kappa shape index (κ3) is 3.95. The maximum atomic E-state index is 9.06. The normalized spacial score (nSPS) is 13.1. The molecule has 1 atom stereocenters. The SMILES string of the molecule is CNC(CO)CCc1ccc(C(C)C)cc1. The van der Waals surface area contributed by atoms with Gasteiger partial charge in [0.15, 0.2) is 0 Å². The van der Waals surface area contributed by atoms with Crippen LogP contribution in [0, 0.1) is 0 Å². The van der Waals surface area contributed by atoms with Gasteiger partial charge in [-0.15, -0.1) is 0 Å². The number of hydrogen-bond donors (Lipinski definition) is 2. The second-order valence-electron chi connectivity index (χ2n) is 4.60. The van der Waals surface area contributed by atoms with E-state index < -0.39 is 0 Å². The molecule has 0 aromatic heterocycles. The van der Waals surface area contributed by atoms with Crippen LogP contribution in [-0.2, 0) is 6.42 Å². The molecule has 0 radical (unpaired) electrons. The van der Waals surface area contributed by atoms with Gasteiger partial charge in [-0.05, 0) is 36.9 Å². The molecule has 1 aromatic carbocycles. The number of hydrogen-bond acceptors (Lipinski definition) is 2. The van der Waals surface area contributed by atoms with Gasteiger partial charge in [0.25, 0.3) is 0 Å². The monoisotopic (exact) mass is 221 g/mol. The van der Waals surface area contributed by atoms with Crippen LogP contribution in [0.15, 0.2) is 24.3 Å². The van der Waals surface area contributed by atoms with Crippen molar-refractivity contribution in [2.45, 2.75) is 38.6 Å². The Hall–Kier alpha value is -0.860. The summed E-state index contributed by atoms with van der Waals surface area (Å²) in [5.74, 6) is 0.594. The van der Waals surface area contributed by atoms with E-state index in [1.165, 1.54) is 11.1 Å². The zero-order chi connectivity index (χ0) is 12.0. The molecule has 0 aliphatic rings. The minimum absolute atomic E-state index is 0.209. The van der Waals surface area contributed by atoms with E-state index >= 15 is 0 Å². The van der Waals surface area contributed by atoms with E-state index in [0.29, 0.717) is 5.92 Å². The summed E-state index contributed by atoms with van der Waals surface area (Å²) in [5.41, 5.74) is 2.73. The Morgan fingerprint density at radius 2 is 1.81 bits per heavy atom. The van der Waals surface area contributed by atoms with Gasteiger partial charge in [-0.25, -0.2) is 0 Å². The fourth-order valence-electron chi connectivity index (χ4n) is 1.74. The molecular formula is C14H23NO. The Morgan fingerprint density at radius 3 is 2.25 bits per heavy atom. The van der Waals surface area contributed by atoms with Gasteiger partial charge in [-0.3, -0.25) is 0 Å². The summed E-state index contributed by atoms with van der Waals surface area (Å²) in [7, 11) is 1.89. The van der Waals surface area contributed by atoms with Crippen molar-refractivity contribution in [3.63, 3.8) is 0 Å². The van der Waals surface area contributed by atoms with Crippen molar-refractivity contribution in [3.05, 3.63) is 35.4 Å². The predicted octanol–water partition coefficient (Wildman–Crippen LogP) is 2.32. The van der Waals surface area contributed by atoms with Crippen LogP contribution in [0.2, 0.25) is 0 Å². The van der Waals surface area contributed by atoms with Crippen LogP contribution >= 0.6 is 0 Å². The summed E-state index contributed by atoms with van der Waals surface area (Å²) in [4.78, 5) is 0. The maximum absolute atomic E-state index is 9.06. The summed E-state index contributed by atoms with van der Waals surface area (Å²) >= 11 is 0. The molecule has 0 amide bonds. The standard InChI is InChI=1S/C14H23NO/c1-11(2)13-7-4-12(5-8-13)6-9-14(10-16)15-3/h4-5,7-8,11,14-16H,6,9-10H2,1-3H3. The average Bonchev–Trinajstić information content (AvgIpc) is 2.31. The minimum atomic E-state index is 0.209. The molecule has 2 nitrogen and oxygen atoms in total. The van der Waals surface area contributed by atoms with Crippen molar-refractivity contribution in [2.75, 3.05) is 13.7 Å². The lowest BCUT2D eigenvalue weighted by Crippen LogP contribution is -2.29. The molecule has 0 bridgehead atoms. The van der Waals surface area contributed by atoms with E-state index in [-0.39, 0.29) is 12.6 Å². The molecule has 2 N–H and O–H groups in total. The molecule has 0 saturated heterocycles. The number of benzene rings is 1. The van der Waals surface area contributed by atoms with Crippen LogP contribution in [0.4, 0.5) is 0 Å². The highest BCUT2D eigenvalue weighted by molar-refractivity contribution is 5.24. The number of nitrogens with one attached hydrogen (secondary N) is 1. The lowest BCUT2D eigenvalue weighted by Gasteiger charge is -2.13. The Morgan fingerprint density at radius 1 is 1.19 bits per heavy atom. The zero-order valence-corrected chi connectivity index (χ0v) is 10.5. The largest absolute Gasteiger partial charge is 0.395 e. The molecule has 90 valence electrons. The molecule has 0 fully saturated rings. The number of likely N-dealkylation sites (N-methyl/N-ethyl adjacent to an activating group) is 1. The number of aliphatic hydroxyl groups is 1. The van der Waals surface area contributed by atoms with Crippen LogP contribution in [0.25, 0.3) is 0 Å². The molecule has 0 spiro atoms. The lowest BCUT2D eigenvalue weighted by atomic mass is 9.99. The summed E-state index contributed by atoms with van der Waals surface area (Å²) in [6.45, 7) is 4.62. The van der Waals surface area contributed by atoms with Gasteiger partial charge in [0.2, 0.25) is 0 Å². The summed E-state index contributed by atoms with van der Waals surface area (Å²) < 4.78 is 0. The van der Waals surface area contributed by atoms with Gasteiger partial charge >= 0.3 is 0 Å². The van der Waals surface area contributed by atoms with Crippen molar-refractivity contribution < 1.29 is 5.11 Å². The molecule has 0 saturated carbocycles. The first-order valence-electron chi connectivity index (χ1n) is 6.04. The van der Waals surface area contributed by atoms with Crippen molar-refractivity contribution >= 4 is 0 Å². The molecule has 2 heteroatoms. The van der Waals surface area contributed by atoms with Crippen LogP contribution < -0.4 is 5.32 Å². The van der Waals surface area contributed by atoms with Gasteiger partial charge in [-0.2, -0.15) is 0 Å². The summed E-state index contributed by atoms with van der Waals surface area (Å²) in [6, 6.07) is 9.00. The summed E-state index contributed by atoms with van der Waals surface area (Å²) in [6.07, 6.45) is 2.00. The van der Waals surface area contributed by atoms with E-state index in [9.17, 15) is 0 Å². The average molecular weight is 221 g/mol. The first kappa shape index (κ1) is 13.2. The summed E-state index contributed by atoms with van der Waals surface area (Å²) in [5, 5.41) is 12.2. The Kier molecular flexibility index (Phi) is 5.50. The first-order chi connectivity index (χ1) is 7.67. The fourth-order valence-corrected chi connectivity index (χ4v) is 1.74. The highest BCUT2D eigenvalue weighted by Crippen LogP contribution is 2.15. The third-order valence-corrected chi connectivity index (χ3v) is 3.06. The van der Waals surface area contributed by atoms with Crippen LogP contribution in [0.3, 0.4) is 0 Å². The van der Waals surface area contributed by atoms with Gasteiger partial charge in [0, 0.05) is 6.04 Å². The van der Waals surface area contributed by atoms with Gasteiger partial charge in [-0.1, -0.05) is 38.1 Å². The molecule has 1 unspecified atom stereocenters. The molecule has 0 aliphatic carbocycles. The van der Waals surface area contributed by atoms with Crippen molar-refractivity contribution in [2.24, 2.45) is 0 Å². The Balaban J connectivity index is 2.49. The molecule has 1 rings (SSSR count). The van der Waals surface area contributed by atoms with Gasteiger partial charge < -0.3 is 10.4 Å². The lowest BCUT2D eigenvalue weighted by molar-refractivity contribution is 0.242. The topological polar surface area (TPSA) is 32.3 Å². The Labute approximate surface area is 98.7 Å². The number of aryl methyl sites for hydroxylation is 1. The van der Waals surface area contributed by atoms with E-state index in [0.717, 1.165) is 12.8 Å². The highest BCUT2D eigenvalue weighted by Gasteiger charge is 2.04. The first-order valence-corrected chi connectivity index (χ1v) is 6.04. The molecule has 1 aromatic rings. The minimum Gasteiger partial charge on any atom is -0.395 e. The smallest absolute Gasteiger partial charge is 0.0584 e. The maximum Gasteiger partial charge on any atom is 0.0584 e. The van der Waals surface area contributed by atoms with Gasteiger partial charge in [0.1, 0.15) is 0 Å². The van der Waals surface area contributed by atoms with Crippen molar-refractivity contribution in [1.29, 1.82) is 0 Å². The van der Waals surface area contributed by atoms with Crippen LogP contribution in [0.1, 0.15) is 37.3 Å². The van der Waals surface area contributed by atoms with E-state index in [2.05, 4.69) is 43.4 Å². The second kappa shape index (κ2) is 6.66. The fraction of sp³-hybridized carbons (Fsp3) is 0.571. The molecule has 0 aliphatic heterocycles. The predicted molar refractivity (Wildman–Crippen MR) is 68.8 cm³/mol. The number of rotatable bonds is 6. The van der Waals surface area contributed by atoms with Crippen LogP contribution in [-0.4, -0.2) is 24.8 Å². The number of aliphatic hydroxyl groups excluding tert-OH is 1. The molecule has 0 heterocycles. The van der Waals surface area contributed by atoms with E-state index in [1.54, 1.807) is 0 Å².